The van der Waals surface area contributed by atoms with Crippen molar-refractivity contribution in [3.8, 4) is 66.8 Å². The van der Waals surface area contributed by atoms with Crippen LogP contribution in [0, 0.1) is 55.4 Å². The third-order valence-corrected chi connectivity index (χ3v) is 23.4. The van der Waals surface area contributed by atoms with Gasteiger partial charge in [0.1, 0.15) is 0 Å². The molecule has 2 saturated heterocycles. The summed E-state index contributed by atoms with van der Waals surface area (Å²) < 4.78 is 25.7. The molecule has 542 valence electrons. The number of benzene rings is 11. The molecule has 0 bridgehead atoms. The van der Waals surface area contributed by atoms with Crippen molar-refractivity contribution in [1.82, 2.24) is 0 Å². The third kappa shape index (κ3) is 15.7. The Morgan fingerprint density at radius 1 is 0.264 bits per heavy atom. The summed E-state index contributed by atoms with van der Waals surface area (Å²) in [5.74, 6) is 0. The van der Waals surface area contributed by atoms with Gasteiger partial charge in [0.2, 0.25) is 0 Å². The van der Waals surface area contributed by atoms with E-state index in [1.54, 1.807) is 0 Å². The first-order valence-electron chi connectivity index (χ1n) is 39.2. The van der Waals surface area contributed by atoms with Gasteiger partial charge < -0.3 is 28.4 Å². The first kappa shape index (κ1) is 75.2. The van der Waals surface area contributed by atoms with Crippen LogP contribution in [-0.2, 0) is 31.5 Å². The van der Waals surface area contributed by atoms with Crippen LogP contribution in [0.4, 0.5) is 34.1 Å². The highest BCUT2D eigenvalue weighted by Crippen LogP contribution is 2.46. The zero-order chi connectivity index (χ0) is 75.0. The second-order valence-corrected chi connectivity index (χ2v) is 32.6. The largest absolute Gasteiger partial charge is 0.494 e. The van der Waals surface area contributed by atoms with E-state index < -0.39 is 36.6 Å². The minimum absolute atomic E-state index is 0.404. The number of hydrogen-bond acceptors (Lipinski definition) is 6. The van der Waals surface area contributed by atoms with E-state index >= 15 is 0 Å². The molecule has 0 spiro atoms. The van der Waals surface area contributed by atoms with Crippen LogP contribution in [0.2, 0.25) is 0 Å². The lowest BCUT2D eigenvalue weighted by Crippen LogP contribution is -2.41. The van der Waals surface area contributed by atoms with Crippen LogP contribution >= 0.6 is 0 Å². The summed E-state index contributed by atoms with van der Waals surface area (Å²) >= 11 is 0. The van der Waals surface area contributed by atoms with E-state index in [9.17, 15) is 0 Å². The van der Waals surface area contributed by atoms with Crippen molar-refractivity contribution in [3.05, 3.63) is 274 Å². The van der Waals surface area contributed by atoms with Crippen LogP contribution in [0.5, 0.6) is 0 Å². The molecular weight excluding hydrogens is 1290 g/mol. The fourth-order valence-corrected chi connectivity index (χ4v) is 16.2. The van der Waals surface area contributed by atoms with Crippen molar-refractivity contribution < 1.29 is 18.6 Å². The second kappa shape index (κ2) is 31.1. The van der Waals surface area contributed by atoms with Crippen LogP contribution in [0.15, 0.2) is 218 Å². The van der Waals surface area contributed by atoms with Gasteiger partial charge >= 0.3 is 14.2 Å². The topological polar surface area (TPSA) is 43.4 Å². The Bertz CT molecular complexity index is 4540. The van der Waals surface area contributed by atoms with E-state index in [1.165, 1.54) is 139 Å². The standard InChI is InChI=1S/C98H110B2N2O4/c1-19-21-23-25-27-79-63-92(90-56-54-88(62-68(90)6)102(86-51-39-78(40-52-86)94-71(9)59-66(4)60-72(94)10)84-47-35-76(36-48-84)74-31-43-82(44-32-74)100-105-97(15,16)98(17,18)106-100)80(28-26-24-22-20-2)64-91(79)89-55-53-87(61-67(89)5)101(85-49-37-77(38-50-85)93-69(7)57-65(3)58-70(93)8)83-45-33-75(34-46-83)73-29-41-81(42-30-73)99-103-95(11,12)96(13,14)104-99/h29-64H,19-28H2,1-18H3. The van der Waals surface area contributed by atoms with Crippen LogP contribution in [0.25, 0.3) is 66.8 Å². The Kier molecular flexibility index (Phi) is 22.0. The molecular formula is C98H110B2N2O4. The van der Waals surface area contributed by atoms with Crippen molar-refractivity contribution in [2.45, 2.75) is 211 Å². The molecule has 11 aromatic rings. The fraction of sp³-hybridized carbons (Fsp3) is 0.327. The summed E-state index contributed by atoms with van der Waals surface area (Å²) in [7, 11) is -0.815. The fourth-order valence-electron chi connectivity index (χ4n) is 16.2. The van der Waals surface area contributed by atoms with Gasteiger partial charge in [0.05, 0.1) is 22.4 Å². The molecule has 0 aliphatic carbocycles. The Morgan fingerprint density at radius 2 is 0.528 bits per heavy atom. The highest BCUT2D eigenvalue weighted by Gasteiger charge is 2.53. The summed E-state index contributed by atoms with van der Waals surface area (Å²) in [5.41, 5.74) is 35.1. The van der Waals surface area contributed by atoms with Gasteiger partial charge in [0.15, 0.2) is 0 Å². The Morgan fingerprint density at radius 3 is 0.802 bits per heavy atom. The minimum Gasteiger partial charge on any atom is -0.399 e. The van der Waals surface area contributed by atoms with Crippen LogP contribution in [0.3, 0.4) is 0 Å². The molecule has 0 unspecified atom stereocenters. The molecule has 0 N–H and O–H groups in total. The van der Waals surface area contributed by atoms with Crippen molar-refractivity contribution in [1.29, 1.82) is 0 Å². The third-order valence-electron chi connectivity index (χ3n) is 23.4. The van der Waals surface area contributed by atoms with Crippen LogP contribution in [0.1, 0.15) is 176 Å². The molecule has 0 aromatic heterocycles. The zero-order valence-corrected chi connectivity index (χ0v) is 66.5. The summed E-state index contributed by atoms with van der Waals surface area (Å²) in [6.45, 7) is 39.5. The molecule has 11 aromatic carbocycles. The first-order valence-corrected chi connectivity index (χ1v) is 39.2. The summed E-state index contributed by atoms with van der Waals surface area (Å²) in [5, 5.41) is 0. The molecule has 0 atom stereocenters. The van der Waals surface area contributed by atoms with Crippen LogP contribution in [-0.4, -0.2) is 36.6 Å². The molecule has 0 saturated carbocycles. The van der Waals surface area contributed by atoms with Gasteiger partial charge in [-0.15, -0.1) is 0 Å². The zero-order valence-electron chi connectivity index (χ0n) is 66.5. The van der Waals surface area contributed by atoms with E-state index in [-0.39, 0.29) is 0 Å². The van der Waals surface area contributed by atoms with E-state index in [2.05, 4.69) is 353 Å². The van der Waals surface area contributed by atoms with E-state index in [0.717, 1.165) is 93.0 Å². The number of anilines is 6. The SMILES string of the molecule is CCCCCCc1cc(-c2ccc(N(c3ccc(-c4ccc(B5OC(C)(C)C(C)(C)O5)cc4)cc3)c3ccc(-c4c(C)cc(C)cc4C)cc3)cc2C)c(CCCCCC)cc1-c1ccc(N(c2ccc(-c3ccc(B4OC(C)(C)C(C)(C)O4)cc3)cc2)c2ccc(-c3c(C)cc(C)cc3C)cc2)cc1C. The van der Waals surface area contributed by atoms with Gasteiger partial charge in [-0.25, -0.2) is 0 Å². The predicted octanol–water partition coefficient (Wildman–Crippen LogP) is 25.9. The second-order valence-electron chi connectivity index (χ2n) is 32.6. The van der Waals surface area contributed by atoms with Crippen molar-refractivity contribution in [2.24, 2.45) is 0 Å². The number of rotatable bonds is 24. The molecule has 6 nitrogen and oxygen atoms in total. The number of aryl methyl sites for hydroxylation is 10. The van der Waals surface area contributed by atoms with Gasteiger partial charge in [-0.3, -0.25) is 0 Å². The van der Waals surface area contributed by atoms with Crippen molar-refractivity contribution in [3.63, 3.8) is 0 Å². The van der Waals surface area contributed by atoms with Crippen molar-refractivity contribution in [2.75, 3.05) is 9.80 Å². The monoisotopic (exact) mass is 1400 g/mol. The Hall–Kier alpha value is -9.01. The maximum Gasteiger partial charge on any atom is 0.494 e. The molecule has 2 aliphatic rings. The molecule has 2 heterocycles. The molecule has 106 heavy (non-hydrogen) atoms. The molecule has 0 radical (unpaired) electrons. The molecule has 8 heteroatoms. The molecule has 2 fully saturated rings. The van der Waals surface area contributed by atoms with Crippen LogP contribution < -0.4 is 20.7 Å². The predicted molar refractivity (Wildman–Crippen MR) is 453 cm³/mol. The Labute approximate surface area is 635 Å². The van der Waals surface area contributed by atoms with Gasteiger partial charge in [0, 0.05) is 34.1 Å². The normalized spacial score (nSPS) is 15.0. The summed E-state index contributed by atoms with van der Waals surface area (Å²) in [6, 6.07) is 82.8. The smallest absolute Gasteiger partial charge is 0.399 e. The minimum atomic E-state index is -0.407. The van der Waals surface area contributed by atoms with E-state index in [0.29, 0.717) is 0 Å². The van der Waals surface area contributed by atoms with Crippen molar-refractivity contribution >= 4 is 59.3 Å². The average molecular weight is 1400 g/mol. The lowest BCUT2D eigenvalue weighted by atomic mass is 9.78. The summed E-state index contributed by atoms with van der Waals surface area (Å²) in [6.07, 6.45) is 11.5. The van der Waals surface area contributed by atoms with E-state index in [1.807, 2.05) is 0 Å². The summed E-state index contributed by atoms with van der Waals surface area (Å²) in [4.78, 5) is 4.87. The van der Waals surface area contributed by atoms with Gasteiger partial charge in [-0.1, -0.05) is 209 Å². The molecule has 0 amide bonds. The quantitative estimate of drug-likeness (QED) is 0.0444. The van der Waals surface area contributed by atoms with Gasteiger partial charge in [0.25, 0.3) is 0 Å². The number of hydrogen-bond donors (Lipinski definition) is 0. The Balaban J connectivity index is 0.864. The number of unbranched alkanes of at least 4 members (excludes halogenated alkanes) is 6. The highest BCUT2D eigenvalue weighted by atomic mass is 16.7. The van der Waals surface area contributed by atoms with Gasteiger partial charge in [-0.2, -0.15) is 0 Å². The van der Waals surface area contributed by atoms with Gasteiger partial charge in [-0.05, 0) is 331 Å². The average Bonchev–Trinajstić information content (AvgIpc) is 1.39. The lowest BCUT2D eigenvalue weighted by molar-refractivity contribution is 0.00578. The maximum atomic E-state index is 6.43. The highest BCUT2D eigenvalue weighted by molar-refractivity contribution is 6.62. The maximum absolute atomic E-state index is 6.43. The number of nitrogens with zero attached hydrogens (tertiary/aromatic N) is 2. The molecule has 13 rings (SSSR count). The lowest BCUT2D eigenvalue weighted by Gasteiger charge is -2.32. The molecule has 2 aliphatic heterocycles. The first-order chi connectivity index (χ1) is 50.7. The van der Waals surface area contributed by atoms with E-state index in [4.69, 9.17) is 18.6 Å².